The van der Waals surface area contributed by atoms with E-state index in [0.29, 0.717) is 0 Å². The van der Waals surface area contributed by atoms with E-state index in [0.717, 1.165) is 12.1 Å². The van der Waals surface area contributed by atoms with E-state index in [-0.39, 0.29) is 30.2 Å². The summed E-state index contributed by atoms with van der Waals surface area (Å²) in [4.78, 5) is 34.6. The minimum absolute atomic E-state index is 0.0331. The highest BCUT2D eigenvalue weighted by atomic mass is 19.1. The number of halogens is 1. The topological polar surface area (TPSA) is 105 Å². The average Bonchev–Trinajstić information content (AvgIpc) is 2.46. The van der Waals surface area contributed by atoms with E-state index >= 15 is 0 Å². The highest BCUT2D eigenvalue weighted by Crippen LogP contribution is 2.15. The summed E-state index contributed by atoms with van der Waals surface area (Å²) < 4.78 is 19.3. The zero-order chi connectivity index (χ0) is 19.2. The predicted molar refractivity (Wildman–Crippen MR) is 89.9 cm³/mol. The number of amides is 2. The van der Waals surface area contributed by atoms with E-state index in [1.54, 1.807) is 0 Å². The third-order valence-electron chi connectivity index (χ3n) is 3.08. The first-order valence-electron chi connectivity index (χ1n) is 7.74. The van der Waals surface area contributed by atoms with E-state index in [2.05, 4.69) is 10.6 Å². The summed E-state index contributed by atoms with van der Waals surface area (Å²) in [6.07, 6.45) is 0.0331. The van der Waals surface area contributed by atoms with E-state index in [4.69, 9.17) is 4.74 Å². The molecule has 3 N–H and O–H groups in total. The Hall–Kier alpha value is -2.48. The molecule has 0 bridgehead atoms. The molecule has 2 amide bonds. The maximum atomic E-state index is 13.9. The van der Waals surface area contributed by atoms with Gasteiger partial charge >= 0.3 is 5.97 Å². The molecule has 0 saturated heterocycles. The molecule has 0 aliphatic rings. The first-order valence-corrected chi connectivity index (χ1v) is 7.74. The molecule has 0 aliphatic carbocycles. The number of rotatable bonds is 7. The van der Waals surface area contributed by atoms with Crippen LogP contribution in [0.25, 0.3) is 0 Å². The molecule has 8 heteroatoms. The second-order valence-electron chi connectivity index (χ2n) is 6.49. The first kappa shape index (κ1) is 20.6. The molecular weight excluding hydrogens is 331 g/mol. The molecule has 25 heavy (non-hydrogen) atoms. The minimum atomic E-state index is -1.25. The molecular formula is C17H23FN2O5. The molecule has 1 unspecified atom stereocenters. The van der Waals surface area contributed by atoms with Gasteiger partial charge in [-0.3, -0.25) is 9.59 Å². The lowest BCUT2D eigenvalue weighted by molar-refractivity contribution is -0.140. The summed E-state index contributed by atoms with van der Waals surface area (Å²) >= 11 is 0. The summed E-state index contributed by atoms with van der Waals surface area (Å²) in [5.41, 5.74) is -0.553. The van der Waals surface area contributed by atoms with Crippen molar-refractivity contribution in [3.8, 4) is 0 Å². The van der Waals surface area contributed by atoms with Crippen molar-refractivity contribution < 1.29 is 28.6 Å². The van der Waals surface area contributed by atoms with Crippen LogP contribution in [0.1, 0.15) is 44.5 Å². The van der Waals surface area contributed by atoms with E-state index in [9.17, 15) is 23.9 Å². The smallest absolute Gasteiger partial charge is 0.326 e. The van der Waals surface area contributed by atoms with Crippen molar-refractivity contribution in [2.45, 2.75) is 45.8 Å². The molecule has 1 aromatic rings. The van der Waals surface area contributed by atoms with E-state index in [1.165, 1.54) is 13.0 Å². The normalized spacial score (nSPS) is 12.4. The lowest BCUT2D eigenvalue weighted by Gasteiger charge is -2.21. The maximum Gasteiger partial charge on any atom is 0.326 e. The summed E-state index contributed by atoms with van der Waals surface area (Å²) in [6, 6.07) is 2.26. The van der Waals surface area contributed by atoms with Crippen LogP contribution in [-0.4, -0.2) is 41.1 Å². The van der Waals surface area contributed by atoms with Gasteiger partial charge in [0.15, 0.2) is 0 Å². The van der Waals surface area contributed by atoms with Crippen molar-refractivity contribution in [1.29, 1.82) is 0 Å². The van der Waals surface area contributed by atoms with Crippen LogP contribution in [-0.2, 0) is 14.3 Å². The van der Waals surface area contributed by atoms with Crippen LogP contribution in [0.2, 0.25) is 0 Å². The largest absolute Gasteiger partial charge is 0.480 e. The predicted octanol–water partition coefficient (Wildman–Crippen LogP) is 2.17. The van der Waals surface area contributed by atoms with Gasteiger partial charge < -0.3 is 20.5 Å². The highest BCUT2D eigenvalue weighted by molar-refractivity contribution is 5.98. The Balaban J connectivity index is 2.83. The van der Waals surface area contributed by atoms with Crippen molar-refractivity contribution in [1.82, 2.24) is 5.32 Å². The van der Waals surface area contributed by atoms with Gasteiger partial charge in [-0.2, -0.15) is 0 Å². The van der Waals surface area contributed by atoms with Crippen molar-refractivity contribution in [3.63, 3.8) is 0 Å². The number of nitrogens with one attached hydrogen (secondary N) is 2. The first-order chi connectivity index (χ1) is 11.5. The van der Waals surface area contributed by atoms with Crippen LogP contribution in [0.15, 0.2) is 18.2 Å². The van der Waals surface area contributed by atoms with E-state index in [1.807, 2.05) is 20.8 Å². The number of carboxylic acid groups (broad SMARTS) is 1. The standard InChI is InChI=1S/C17H23FN2O5/c1-10(21)19-11-5-6-13(18)12(9-11)15(22)20-14(16(23)24)7-8-25-17(2,3)4/h5-6,9,14H,7-8H2,1-4H3,(H,19,21)(H,20,22)(H,23,24). The van der Waals surface area contributed by atoms with Crippen molar-refractivity contribution in [3.05, 3.63) is 29.6 Å². The van der Waals surface area contributed by atoms with Gasteiger partial charge in [-0.15, -0.1) is 0 Å². The summed E-state index contributed by atoms with van der Waals surface area (Å²) in [5, 5.41) is 13.9. The number of carboxylic acids is 1. The monoisotopic (exact) mass is 354 g/mol. The van der Waals surface area contributed by atoms with Crippen molar-refractivity contribution in [2.75, 3.05) is 11.9 Å². The van der Waals surface area contributed by atoms with Gasteiger partial charge in [0.1, 0.15) is 11.9 Å². The van der Waals surface area contributed by atoms with E-state index < -0.39 is 29.3 Å². The fourth-order valence-corrected chi connectivity index (χ4v) is 1.96. The van der Waals surface area contributed by atoms with Crippen LogP contribution in [0.3, 0.4) is 0 Å². The summed E-state index contributed by atoms with van der Waals surface area (Å²) in [6.45, 7) is 6.87. The molecule has 0 fully saturated rings. The number of carbonyl (C=O) groups excluding carboxylic acids is 2. The second kappa shape index (κ2) is 8.57. The molecule has 1 rings (SSSR count). The third-order valence-corrected chi connectivity index (χ3v) is 3.08. The Bertz CT molecular complexity index is 655. The molecule has 1 aromatic carbocycles. The molecule has 0 radical (unpaired) electrons. The quantitative estimate of drug-likeness (QED) is 0.696. The fourth-order valence-electron chi connectivity index (χ4n) is 1.96. The summed E-state index contributed by atoms with van der Waals surface area (Å²) in [7, 11) is 0. The van der Waals surface area contributed by atoms with Gasteiger partial charge in [-0.05, 0) is 39.0 Å². The number of hydrogen-bond acceptors (Lipinski definition) is 4. The Morgan fingerprint density at radius 2 is 1.92 bits per heavy atom. The number of carbonyl (C=O) groups is 3. The Kier molecular flexibility index (Phi) is 7.05. The van der Waals surface area contributed by atoms with Crippen LogP contribution in [0.5, 0.6) is 0 Å². The molecule has 0 spiro atoms. The number of hydrogen-bond donors (Lipinski definition) is 3. The SMILES string of the molecule is CC(=O)Nc1ccc(F)c(C(=O)NC(CCOC(C)(C)C)C(=O)O)c1. The zero-order valence-electron chi connectivity index (χ0n) is 14.7. The number of anilines is 1. The second-order valence-corrected chi connectivity index (χ2v) is 6.49. The number of benzene rings is 1. The molecule has 0 aliphatic heterocycles. The molecule has 0 heterocycles. The zero-order valence-corrected chi connectivity index (χ0v) is 14.7. The van der Waals surface area contributed by atoms with Gasteiger partial charge in [0.05, 0.1) is 11.2 Å². The van der Waals surface area contributed by atoms with Crippen LogP contribution < -0.4 is 10.6 Å². The van der Waals surface area contributed by atoms with Crippen LogP contribution >= 0.6 is 0 Å². The molecule has 0 saturated carbocycles. The van der Waals surface area contributed by atoms with Gasteiger partial charge in [-0.25, -0.2) is 9.18 Å². The van der Waals surface area contributed by atoms with Crippen molar-refractivity contribution >= 4 is 23.5 Å². The fraction of sp³-hybridized carbons (Fsp3) is 0.471. The summed E-state index contributed by atoms with van der Waals surface area (Å²) in [5.74, 6) is -3.32. The van der Waals surface area contributed by atoms with Gasteiger partial charge in [0, 0.05) is 25.6 Å². The highest BCUT2D eigenvalue weighted by Gasteiger charge is 2.23. The third kappa shape index (κ3) is 7.30. The van der Waals surface area contributed by atoms with Gasteiger partial charge in [-0.1, -0.05) is 0 Å². The minimum Gasteiger partial charge on any atom is -0.480 e. The van der Waals surface area contributed by atoms with Crippen LogP contribution in [0, 0.1) is 5.82 Å². The molecule has 1 atom stereocenters. The van der Waals surface area contributed by atoms with Gasteiger partial charge in [0.25, 0.3) is 5.91 Å². The maximum absolute atomic E-state index is 13.9. The Morgan fingerprint density at radius 1 is 1.28 bits per heavy atom. The Morgan fingerprint density at radius 3 is 2.44 bits per heavy atom. The van der Waals surface area contributed by atoms with Crippen LogP contribution in [0.4, 0.5) is 10.1 Å². The average molecular weight is 354 g/mol. The Labute approximate surface area is 145 Å². The number of aliphatic carboxylic acids is 1. The molecule has 7 nitrogen and oxygen atoms in total. The van der Waals surface area contributed by atoms with Crippen molar-refractivity contribution in [2.24, 2.45) is 0 Å². The van der Waals surface area contributed by atoms with Gasteiger partial charge in [0.2, 0.25) is 5.91 Å². The lowest BCUT2D eigenvalue weighted by atomic mass is 10.1. The number of ether oxygens (including phenoxy) is 1. The molecule has 0 aromatic heterocycles. The lowest BCUT2D eigenvalue weighted by Crippen LogP contribution is -2.42. The molecule has 138 valence electrons.